The summed E-state index contributed by atoms with van der Waals surface area (Å²) in [4.78, 5) is 14.2. The summed E-state index contributed by atoms with van der Waals surface area (Å²) in [6, 6.07) is 15.6. The molecule has 3 N–H and O–H groups in total. The summed E-state index contributed by atoms with van der Waals surface area (Å²) in [5.74, 6) is 0.115. The lowest BCUT2D eigenvalue weighted by Gasteiger charge is -2.08. The highest BCUT2D eigenvalue weighted by Crippen LogP contribution is 2.12. The Bertz CT molecular complexity index is 1170. The predicted molar refractivity (Wildman–Crippen MR) is 110 cm³/mol. The van der Waals surface area contributed by atoms with Gasteiger partial charge in [-0.2, -0.15) is 5.10 Å². The van der Waals surface area contributed by atoms with E-state index in [-0.39, 0.29) is 28.6 Å². The third kappa shape index (κ3) is 5.33. The number of benzene rings is 2. The Morgan fingerprint density at radius 2 is 1.76 bits per heavy atom. The standard InChI is InChI=1S/C19H20N6O3S/c1-13(22-24-19-21-18(26)14(2)23-25-19)16-8-10-17(11-9-16)29(27,28)20-12-15-6-4-3-5-7-15/h3-11,20H,12H2,1-2H3,(H2,21,24,25,26)/b22-13-. The van der Waals surface area contributed by atoms with E-state index >= 15 is 0 Å². The Hall–Kier alpha value is -3.37. The van der Waals surface area contributed by atoms with Gasteiger partial charge >= 0.3 is 0 Å². The topological polar surface area (TPSA) is 129 Å². The van der Waals surface area contributed by atoms with Gasteiger partial charge in [0, 0.05) is 6.54 Å². The summed E-state index contributed by atoms with van der Waals surface area (Å²) in [6.45, 7) is 3.50. The zero-order valence-electron chi connectivity index (χ0n) is 15.9. The molecule has 0 unspecified atom stereocenters. The first-order valence-electron chi connectivity index (χ1n) is 8.73. The highest BCUT2D eigenvalue weighted by Gasteiger charge is 2.13. The van der Waals surface area contributed by atoms with Crippen LogP contribution in [0.4, 0.5) is 5.95 Å². The molecule has 0 bridgehead atoms. The summed E-state index contributed by atoms with van der Waals surface area (Å²) in [5.41, 5.74) is 4.69. The molecule has 29 heavy (non-hydrogen) atoms. The molecule has 2 aromatic carbocycles. The maximum absolute atomic E-state index is 12.5. The Morgan fingerprint density at radius 3 is 2.41 bits per heavy atom. The minimum Gasteiger partial charge on any atom is -0.288 e. The number of aromatic nitrogens is 3. The number of hydrogen-bond donors (Lipinski definition) is 3. The summed E-state index contributed by atoms with van der Waals surface area (Å²) in [6.07, 6.45) is 0. The zero-order valence-corrected chi connectivity index (χ0v) is 16.7. The van der Waals surface area contributed by atoms with E-state index < -0.39 is 10.0 Å². The Kier molecular flexibility index (Phi) is 6.15. The highest BCUT2D eigenvalue weighted by molar-refractivity contribution is 7.89. The first kappa shape index (κ1) is 20.4. The molecule has 0 amide bonds. The molecular formula is C19H20N6O3S. The van der Waals surface area contributed by atoms with E-state index in [2.05, 4.69) is 30.4 Å². The second-order valence-corrected chi connectivity index (χ2v) is 8.00. The Labute approximate surface area is 168 Å². The van der Waals surface area contributed by atoms with Crippen LogP contribution in [0.3, 0.4) is 0 Å². The molecule has 0 saturated carbocycles. The predicted octanol–water partition coefficient (Wildman–Crippen LogP) is 1.79. The summed E-state index contributed by atoms with van der Waals surface area (Å²) in [5, 5.41) is 11.6. The minimum absolute atomic E-state index is 0.115. The average Bonchev–Trinajstić information content (AvgIpc) is 2.74. The molecule has 150 valence electrons. The van der Waals surface area contributed by atoms with Gasteiger partial charge in [0.15, 0.2) is 0 Å². The maximum atomic E-state index is 12.5. The number of rotatable bonds is 7. The minimum atomic E-state index is -3.63. The van der Waals surface area contributed by atoms with Gasteiger partial charge in [-0.05, 0) is 37.1 Å². The highest BCUT2D eigenvalue weighted by atomic mass is 32.2. The third-order valence-electron chi connectivity index (χ3n) is 4.08. The molecule has 0 radical (unpaired) electrons. The van der Waals surface area contributed by atoms with Crippen LogP contribution in [0.15, 0.2) is 69.4 Å². The molecule has 9 nitrogen and oxygen atoms in total. The number of nitrogens with one attached hydrogen (secondary N) is 3. The smallest absolute Gasteiger partial charge is 0.274 e. The molecule has 3 rings (SSSR count). The largest absolute Gasteiger partial charge is 0.288 e. The normalized spacial score (nSPS) is 12.0. The number of hydrogen-bond acceptors (Lipinski definition) is 7. The van der Waals surface area contributed by atoms with Crippen molar-refractivity contribution >= 4 is 21.7 Å². The summed E-state index contributed by atoms with van der Waals surface area (Å²) >= 11 is 0. The van der Waals surface area contributed by atoms with Gasteiger partial charge in [0.1, 0.15) is 5.69 Å². The van der Waals surface area contributed by atoms with Crippen molar-refractivity contribution in [1.82, 2.24) is 19.9 Å². The molecule has 0 aliphatic carbocycles. The van der Waals surface area contributed by atoms with Gasteiger partial charge < -0.3 is 0 Å². The van der Waals surface area contributed by atoms with Crippen molar-refractivity contribution in [2.45, 2.75) is 25.3 Å². The van der Waals surface area contributed by atoms with Crippen LogP contribution in [0.5, 0.6) is 0 Å². The van der Waals surface area contributed by atoms with Crippen LogP contribution in [0.25, 0.3) is 0 Å². The van der Waals surface area contributed by atoms with Gasteiger partial charge in [0.2, 0.25) is 16.0 Å². The second-order valence-electron chi connectivity index (χ2n) is 6.23. The van der Waals surface area contributed by atoms with E-state index in [0.29, 0.717) is 11.3 Å². The molecule has 0 atom stereocenters. The molecule has 0 saturated heterocycles. The van der Waals surface area contributed by atoms with E-state index in [0.717, 1.165) is 5.56 Å². The third-order valence-corrected chi connectivity index (χ3v) is 5.50. The number of aryl methyl sites for hydroxylation is 1. The molecule has 0 aliphatic heterocycles. The molecule has 0 fully saturated rings. The molecular weight excluding hydrogens is 392 g/mol. The van der Waals surface area contributed by atoms with Crippen LogP contribution in [-0.4, -0.2) is 29.3 Å². The molecule has 1 heterocycles. The zero-order chi connectivity index (χ0) is 20.9. The van der Waals surface area contributed by atoms with E-state index in [4.69, 9.17) is 0 Å². The van der Waals surface area contributed by atoms with Crippen molar-refractivity contribution in [3.05, 3.63) is 81.8 Å². The van der Waals surface area contributed by atoms with Gasteiger partial charge in [-0.3, -0.25) is 9.78 Å². The monoisotopic (exact) mass is 412 g/mol. The molecule has 0 aliphatic rings. The van der Waals surface area contributed by atoms with Crippen LogP contribution in [0, 0.1) is 6.92 Å². The van der Waals surface area contributed by atoms with E-state index in [1.165, 1.54) is 12.1 Å². The number of anilines is 1. The SMILES string of the molecule is C/C(=N/Nc1nnc(C)c(=O)[nH]1)c1ccc(S(=O)(=O)NCc2ccccc2)cc1. The number of nitrogens with zero attached hydrogens (tertiary/aromatic N) is 3. The van der Waals surface area contributed by atoms with E-state index in [1.54, 1.807) is 26.0 Å². The number of H-pyrrole nitrogens is 1. The van der Waals surface area contributed by atoms with Crippen LogP contribution in [0.2, 0.25) is 0 Å². The quantitative estimate of drug-likeness (QED) is 0.401. The molecule has 1 aromatic heterocycles. The fourth-order valence-corrected chi connectivity index (χ4v) is 3.40. The van der Waals surface area contributed by atoms with Crippen LogP contribution < -0.4 is 15.7 Å². The summed E-state index contributed by atoms with van der Waals surface area (Å²) < 4.78 is 27.5. The van der Waals surface area contributed by atoms with Gasteiger partial charge in [-0.25, -0.2) is 18.6 Å². The lowest BCUT2D eigenvalue weighted by Crippen LogP contribution is -2.23. The first-order chi connectivity index (χ1) is 13.8. The van der Waals surface area contributed by atoms with Crippen molar-refractivity contribution in [3.8, 4) is 0 Å². The van der Waals surface area contributed by atoms with Crippen LogP contribution in [-0.2, 0) is 16.6 Å². The fourth-order valence-electron chi connectivity index (χ4n) is 2.38. The van der Waals surface area contributed by atoms with Gasteiger partial charge in [-0.1, -0.05) is 42.5 Å². The number of aromatic amines is 1. The molecule has 3 aromatic rings. The Morgan fingerprint density at radius 1 is 1.07 bits per heavy atom. The van der Waals surface area contributed by atoms with Crippen LogP contribution in [0.1, 0.15) is 23.7 Å². The van der Waals surface area contributed by atoms with Crippen molar-refractivity contribution in [2.75, 3.05) is 5.43 Å². The van der Waals surface area contributed by atoms with Crippen molar-refractivity contribution in [1.29, 1.82) is 0 Å². The van der Waals surface area contributed by atoms with Gasteiger partial charge in [0.25, 0.3) is 5.56 Å². The van der Waals surface area contributed by atoms with Crippen molar-refractivity contribution in [3.63, 3.8) is 0 Å². The lowest BCUT2D eigenvalue weighted by atomic mass is 10.1. The van der Waals surface area contributed by atoms with Crippen molar-refractivity contribution in [2.24, 2.45) is 5.10 Å². The Balaban J connectivity index is 1.68. The second kappa shape index (κ2) is 8.76. The van der Waals surface area contributed by atoms with Gasteiger partial charge in [0.05, 0.1) is 10.6 Å². The van der Waals surface area contributed by atoms with Crippen molar-refractivity contribution < 1.29 is 8.42 Å². The average molecular weight is 412 g/mol. The van der Waals surface area contributed by atoms with Gasteiger partial charge in [-0.15, -0.1) is 10.2 Å². The summed E-state index contributed by atoms with van der Waals surface area (Å²) in [7, 11) is -3.63. The number of hydrazone groups is 1. The first-order valence-corrected chi connectivity index (χ1v) is 10.2. The van der Waals surface area contributed by atoms with E-state index in [9.17, 15) is 13.2 Å². The fraction of sp³-hybridized carbons (Fsp3) is 0.158. The lowest BCUT2D eigenvalue weighted by molar-refractivity contribution is 0.581. The number of sulfonamides is 1. The van der Waals surface area contributed by atoms with Crippen LogP contribution >= 0.6 is 0 Å². The molecule has 0 spiro atoms. The van der Waals surface area contributed by atoms with E-state index in [1.807, 2.05) is 30.3 Å². The maximum Gasteiger partial charge on any atom is 0.274 e. The molecule has 10 heteroatoms.